The molecule has 10 heteroatoms. The summed E-state index contributed by atoms with van der Waals surface area (Å²) in [6.07, 6.45) is 5.22. The molecule has 2 amide bonds. The van der Waals surface area contributed by atoms with Crippen molar-refractivity contribution in [1.82, 2.24) is 25.0 Å². The normalized spacial score (nSPS) is 14.9. The van der Waals surface area contributed by atoms with Gasteiger partial charge in [-0.1, -0.05) is 24.3 Å². The Kier molecular flexibility index (Phi) is 6.46. The fourth-order valence-corrected chi connectivity index (χ4v) is 4.25. The topological polar surface area (TPSA) is 136 Å². The van der Waals surface area contributed by atoms with Crippen LogP contribution >= 0.6 is 0 Å². The van der Waals surface area contributed by atoms with Crippen molar-refractivity contribution < 1.29 is 19.4 Å². The van der Waals surface area contributed by atoms with E-state index in [0.717, 1.165) is 22.3 Å². The minimum absolute atomic E-state index is 0.132. The zero-order valence-corrected chi connectivity index (χ0v) is 20.2. The number of carbonyl (C=O) groups is 2. The standard InChI is InChI=1S/C27H26N6O4/c1-32-15-20(14-30-32)19-12-24(25(28)29-13-19)26(35)31-21-9-10-33(16-21)27(36)37-23-4-2-3-18(11-23)17-5-7-22(34)8-6-17/h2-8,11-15,21,34H,9-10,16H2,1H3,(H2,28,29)(H,31,35)/t21-/m1/s1. The monoisotopic (exact) mass is 498 g/mol. The Balaban J connectivity index is 1.20. The summed E-state index contributed by atoms with van der Waals surface area (Å²) >= 11 is 0. The zero-order valence-electron chi connectivity index (χ0n) is 20.2. The van der Waals surface area contributed by atoms with E-state index < -0.39 is 6.09 Å². The van der Waals surface area contributed by atoms with E-state index in [1.165, 1.54) is 0 Å². The Hall–Kier alpha value is -4.86. The highest BCUT2D eigenvalue weighted by molar-refractivity contribution is 5.99. The number of benzene rings is 2. The maximum Gasteiger partial charge on any atom is 0.415 e. The lowest BCUT2D eigenvalue weighted by atomic mass is 10.1. The number of phenols is 1. The molecule has 1 aliphatic heterocycles. The number of hydrogen-bond acceptors (Lipinski definition) is 7. The van der Waals surface area contributed by atoms with Gasteiger partial charge in [0.2, 0.25) is 0 Å². The summed E-state index contributed by atoms with van der Waals surface area (Å²) in [7, 11) is 1.81. The number of ether oxygens (including phenoxy) is 1. The summed E-state index contributed by atoms with van der Waals surface area (Å²) in [5, 5.41) is 16.6. The van der Waals surface area contributed by atoms with Crippen LogP contribution in [-0.4, -0.2) is 55.9 Å². The number of carbonyl (C=O) groups excluding carboxylic acids is 2. The molecule has 4 N–H and O–H groups in total. The summed E-state index contributed by atoms with van der Waals surface area (Å²) < 4.78 is 7.26. The van der Waals surface area contributed by atoms with Gasteiger partial charge in [0.15, 0.2) is 0 Å². The lowest BCUT2D eigenvalue weighted by Crippen LogP contribution is -2.39. The van der Waals surface area contributed by atoms with Crippen molar-refractivity contribution in [3.05, 3.63) is 78.8 Å². The second-order valence-electron chi connectivity index (χ2n) is 8.91. The van der Waals surface area contributed by atoms with Crippen LogP contribution in [0, 0.1) is 0 Å². The summed E-state index contributed by atoms with van der Waals surface area (Å²) in [5.41, 5.74) is 9.56. The summed E-state index contributed by atoms with van der Waals surface area (Å²) in [6.45, 7) is 0.767. The van der Waals surface area contributed by atoms with Crippen LogP contribution < -0.4 is 15.8 Å². The molecule has 5 rings (SSSR count). The summed E-state index contributed by atoms with van der Waals surface area (Å²) in [4.78, 5) is 31.5. The molecule has 1 saturated heterocycles. The van der Waals surface area contributed by atoms with Crippen LogP contribution in [0.2, 0.25) is 0 Å². The van der Waals surface area contributed by atoms with Gasteiger partial charge in [0.25, 0.3) is 5.91 Å². The Labute approximate surface area is 213 Å². The van der Waals surface area contributed by atoms with Crippen LogP contribution in [0.15, 0.2) is 73.2 Å². The van der Waals surface area contributed by atoms with Gasteiger partial charge in [-0.2, -0.15) is 5.10 Å². The maximum absolute atomic E-state index is 13.0. The quantitative estimate of drug-likeness (QED) is 0.383. The highest BCUT2D eigenvalue weighted by Crippen LogP contribution is 2.26. The van der Waals surface area contributed by atoms with Crippen molar-refractivity contribution in [2.75, 3.05) is 18.8 Å². The number of phenolic OH excluding ortho intramolecular Hbond substituents is 1. The molecule has 0 bridgehead atoms. The van der Waals surface area contributed by atoms with Gasteiger partial charge in [-0.15, -0.1) is 0 Å². The van der Waals surface area contributed by atoms with Crippen LogP contribution in [0.4, 0.5) is 10.6 Å². The average molecular weight is 499 g/mol. The van der Waals surface area contributed by atoms with Gasteiger partial charge in [0.05, 0.1) is 11.8 Å². The van der Waals surface area contributed by atoms with E-state index in [4.69, 9.17) is 10.5 Å². The fraction of sp³-hybridized carbons (Fsp3) is 0.185. The van der Waals surface area contributed by atoms with Crippen molar-refractivity contribution in [2.24, 2.45) is 7.05 Å². The Morgan fingerprint density at radius 2 is 1.86 bits per heavy atom. The number of rotatable bonds is 5. The number of pyridine rings is 1. The second kappa shape index (κ2) is 10.0. The average Bonchev–Trinajstić information content (AvgIpc) is 3.54. The number of aryl methyl sites for hydroxylation is 1. The Bertz CT molecular complexity index is 1450. The van der Waals surface area contributed by atoms with Crippen molar-refractivity contribution in [3.8, 4) is 33.8 Å². The molecule has 2 aromatic heterocycles. The molecule has 0 spiro atoms. The summed E-state index contributed by atoms with van der Waals surface area (Å²) in [6, 6.07) is 15.4. The van der Waals surface area contributed by atoms with E-state index in [-0.39, 0.29) is 29.1 Å². The number of likely N-dealkylation sites (tertiary alicyclic amines) is 1. The molecule has 188 valence electrons. The van der Waals surface area contributed by atoms with E-state index in [1.54, 1.807) is 70.5 Å². The fourth-order valence-electron chi connectivity index (χ4n) is 4.25. The predicted octanol–water partition coefficient (Wildman–Crippen LogP) is 3.44. The number of anilines is 1. The van der Waals surface area contributed by atoms with Crippen LogP contribution in [-0.2, 0) is 7.05 Å². The van der Waals surface area contributed by atoms with Gasteiger partial charge in [0, 0.05) is 49.7 Å². The molecule has 4 aromatic rings. The Morgan fingerprint density at radius 1 is 1.05 bits per heavy atom. The van der Waals surface area contributed by atoms with Crippen LogP contribution in [0.3, 0.4) is 0 Å². The van der Waals surface area contributed by atoms with Gasteiger partial charge < -0.3 is 25.8 Å². The molecule has 0 aliphatic carbocycles. The van der Waals surface area contributed by atoms with Gasteiger partial charge >= 0.3 is 6.09 Å². The number of nitrogens with two attached hydrogens (primary N) is 1. The molecule has 0 saturated carbocycles. The third-order valence-electron chi connectivity index (χ3n) is 6.22. The van der Waals surface area contributed by atoms with Gasteiger partial charge in [0.1, 0.15) is 17.3 Å². The predicted molar refractivity (Wildman–Crippen MR) is 138 cm³/mol. The van der Waals surface area contributed by atoms with E-state index in [9.17, 15) is 14.7 Å². The molecule has 0 unspecified atom stereocenters. The van der Waals surface area contributed by atoms with Crippen LogP contribution in [0.25, 0.3) is 22.3 Å². The van der Waals surface area contributed by atoms with Crippen molar-refractivity contribution in [1.29, 1.82) is 0 Å². The molecular formula is C27H26N6O4. The van der Waals surface area contributed by atoms with E-state index in [2.05, 4.69) is 15.4 Å². The Morgan fingerprint density at radius 3 is 2.62 bits per heavy atom. The van der Waals surface area contributed by atoms with E-state index in [1.807, 2.05) is 19.3 Å². The highest BCUT2D eigenvalue weighted by Gasteiger charge is 2.29. The zero-order chi connectivity index (χ0) is 25.9. The third kappa shape index (κ3) is 5.37. The first kappa shape index (κ1) is 23.9. The highest BCUT2D eigenvalue weighted by atomic mass is 16.6. The molecule has 1 aliphatic rings. The van der Waals surface area contributed by atoms with Gasteiger partial charge in [-0.25, -0.2) is 9.78 Å². The number of hydrogen-bond donors (Lipinski definition) is 3. The summed E-state index contributed by atoms with van der Waals surface area (Å²) in [5.74, 6) is 0.377. The SMILES string of the molecule is Cn1cc(-c2cnc(N)c(C(=O)N[C@@H]3CCN(C(=O)Oc4cccc(-c5ccc(O)cc5)c4)C3)c2)cn1. The van der Waals surface area contributed by atoms with Gasteiger partial charge in [-0.05, 0) is 47.9 Å². The third-order valence-corrected chi connectivity index (χ3v) is 6.22. The molecule has 0 radical (unpaired) electrons. The second-order valence-corrected chi connectivity index (χ2v) is 8.91. The minimum atomic E-state index is -0.487. The van der Waals surface area contributed by atoms with Crippen LogP contribution in [0.1, 0.15) is 16.8 Å². The largest absolute Gasteiger partial charge is 0.508 e. The van der Waals surface area contributed by atoms with Crippen LogP contribution in [0.5, 0.6) is 11.5 Å². The number of amides is 2. The van der Waals surface area contributed by atoms with E-state index in [0.29, 0.717) is 25.3 Å². The maximum atomic E-state index is 13.0. The first-order valence-corrected chi connectivity index (χ1v) is 11.8. The van der Waals surface area contributed by atoms with Crippen molar-refractivity contribution in [3.63, 3.8) is 0 Å². The first-order chi connectivity index (χ1) is 17.9. The number of nitrogens with zero attached hydrogens (tertiary/aromatic N) is 4. The number of aromatic hydroxyl groups is 1. The molecule has 2 aromatic carbocycles. The molecular weight excluding hydrogens is 472 g/mol. The number of aromatic nitrogens is 3. The molecule has 10 nitrogen and oxygen atoms in total. The molecule has 3 heterocycles. The van der Waals surface area contributed by atoms with Gasteiger partial charge in [-0.3, -0.25) is 9.48 Å². The first-order valence-electron chi connectivity index (χ1n) is 11.8. The van der Waals surface area contributed by atoms with E-state index >= 15 is 0 Å². The lowest BCUT2D eigenvalue weighted by molar-refractivity contribution is 0.0937. The smallest absolute Gasteiger partial charge is 0.415 e. The number of nitrogen functional groups attached to an aromatic ring is 1. The molecule has 37 heavy (non-hydrogen) atoms. The lowest BCUT2D eigenvalue weighted by Gasteiger charge is -2.17. The minimum Gasteiger partial charge on any atom is -0.508 e. The van der Waals surface area contributed by atoms with Crippen molar-refractivity contribution >= 4 is 17.8 Å². The molecule has 1 fully saturated rings. The van der Waals surface area contributed by atoms with Crippen molar-refractivity contribution in [2.45, 2.75) is 12.5 Å². The number of nitrogens with one attached hydrogen (secondary N) is 1. The molecule has 1 atom stereocenters.